The smallest absolute Gasteiger partial charge is 0.309 e. The molecule has 3 aromatic rings. The highest BCUT2D eigenvalue weighted by Crippen LogP contribution is 2.31. The van der Waals surface area contributed by atoms with Gasteiger partial charge in [0, 0.05) is 36.8 Å². The second-order valence-corrected chi connectivity index (χ2v) is 9.12. The molecular formula is C25H28FN3O3. The molecule has 1 amide bonds. The number of aliphatic carboxylic acids is 1. The number of hydrogen-bond acceptors (Lipinski definition) is 3. The van der Waals surface area contributed by atoms with Gasteiger partial charge >= 0.3 is 5.97 Å². The molecule has 7 heteroatoms. The SMILES string of the molecule is CC(C)(CCCC(=O)N1CCc2c(n(Cc3cccc(F)c3)c3ncccc23)C1)C(=O)O. The van der Waals surface area contributed by atoms with Crippen LogP contribution in [0.3, 0.4) is 0 Å². The van der Waals surface area contributed by atoms with Crippen LogP contribution in [0.25, 0.3) is 11.0 Å². The molecule has 4 rings (SSSR count). The van der Waals surface area contributed by atoms with E-state index in [-0.39, 0.29) is 11.7 Å². The van der Waals surface area contributed by atoms with Gasteiger partial charge in [0.25, 0.3) is 0 Å². The predicted octanol–water partition coefficient (Wildman–Crippen LogP) is 4.39. The summed E-state index contributed by atoms with van der Waals surface area (Å²) in [7, 11) is 0. The molecule has 0 bridgehead atoms. The first-order valence-corrected chi connectivity index (χ1v) is 11.0. The molecule has 0 saturated carbocycles. The van der Waals surface area contributed by atoms with Crippen LogP contribution in [0.2, 0.25) is 0 Å². The van der Waals surface area contributed by atoms with Crippen LogP contribution in [-0.2, 0) is 29.1 Å². The topological polar surface area (TPSA) is 75.4 Å². The number of halogens is 1. The van der Waals surface area contributed by atoms with E-state index >= 15 is 0 Å². The van der Waals surface area contributed by atoms with Crippen LogP contribution in [0.15, 0.2) is 42.6 Å². The van der Waals surface area contributed by atoms with E-state index in [0.717, 1.165) is 28.7 Å². The monoisotopic (exact) mass is 437 g/mol. The third-order valence-electron chi connectivity index (χ3n) is 6.37. The van der Waals surface area contributed by atoms with Crippen molar-refractivity contribution in [3.05, 3.63) is 65.2 Å². The molecule has 0 radical (unpaired) electrons. The molecule has 1 N–H and O–H groups in total. The van der Waals surface area contributed by atoms with E-state index in [1.54, 1.807) is 26.1 Å². The van der Waals surface area contributed by atoms with Crippen molar-refractivity contribution in [2.75, 3.05) is 6.54 Å². The molecule has 0 fully saturated rings. The summed E-state index contributed by atoms with van der Waals surface area (Å²) in [5.74, 6) is -1.09. The number of amides is 1. The van der Waals surface area contributed by atoms with Gasteiger partial charge in [0.2, 0.25) is 5.91 Å². The molecule has 1 aliphatic rings. The van der Waals surface area contributed by atoms with Crippen LogP contribution in [0, 0.1) is 11.2 Å². The first kappa shape index (κ1) is 22.0. The van der Waals surface area contributed by atoms with E-state index in [0.29, 0.717) is 38.9 Å². The van der Waals surface area contributed by atoms with Gasteiger partial charge in [-0.25, -0.2) is 9.37 Å². The Bertz CT molecular complexity index is 1170. The van der Waals surface area contributed by atoms with Crippen LogP contribution < -0.4 is 0 Å². The quantitative estimate of drug-likeness (QED) is 0.595. The van der Waals surface area contributed by atoms with E-state index in [9.17, 15) is 19.1 Å². The van der Waals surface area contributed by atoms with Gasteiger partial charge in [-0.15, -0.1) is 0 Å². The van der Waals surface area contributed by atoms with E-state index in [4.69, 9.17) is 0 Å². The summed E-state index contributed by atoms with van der Waals surface area (Å²) in [4.78, 5) is 30.6. The van der Waals surface area contributed by atoms with E-state index < -0.39 is 11.4 Å². The highest BCUT2D eigenvalue weighted by molar-refractivity contribution is 5.84. The van der Waals surface area contributed by atoms with Crippen molar-refractivity contribution in [1.82, 2.24) is 14.5 Å². The maximum Gasteiger partial charge on any atom is 0.309 e. The second-order valence-electron chi connectivity index (χ2n) is 9.12. The molecule has 0 unspecified atom stereocenters. The fraction of sp³-hybridized carbons (Fsp3) is 0.400. The number of carboxylic acids is 1. The lowest BCUT2D eigenvalue weighted by Gasteiger charge is -2.29. The van der Waals surface area contributed by atoms with Crippen molar-refractivity contribution in [1.29, 1.82) is 0 Å². The Hall–Kier alpha value is -3.22. The number of benzene rings is 1. The Morgan fingerprint density at radius 1 is 1.22 bits per heavy atom. The standard InChI is InChI=1S/C25H28FN3O3/c1-25(2,24(31)32)11-4-9-22(30)28-13-10-19-20-8-5-12-27-23(20)29(21(19)16-28)15-17-6-3-7-18(26)14-17/h3,5-8,12,14H,4,9-11,13,15-16H2,1-2H3,(H,31,32). The molecule has 168 valence electrons. The van der Waals surface area contributed by atoms with Crippen LogP contribution in [0.4, 0.5) is 4.39 Å². The minimum Gasteiger partial charge on any atom is -0.481 e. The first-order valence-electron chi connectivity index (χ1n) is 11.0. The molecule has 0 atom stereocenters. The van der Waals surface area contributed by atoms with Crippen LogP contribution >= 0.6 is 0 Å². The normalized spacial score (nSPS) is 13.9. The maximum absolute atomic E-state index is 13.8. The Morgan fingerprint density at radius 2 is 2.03 bits per heavy atom. The number of nitrogens with zero attached hydrogens (tertiary/aromatic N) is 3. The second kappa shape index (κ2) is 8.73. The maximum atomic E-state index is 13.8. The fourth-order valence-corrected chi connectivity index (χ4v) is 4.41. The zero-order chi connectivity index (χ0) is 22.9. The van der Waals surface area contributed by atoms with Gasteiger partial charge in [-0.3, -0.25) is 9.59 Å². The molecule has 0 aliphatic carbocycles. The summed E-state index contributed by atoms with van der Waals surface area (Å²) < 4.78 is 15.8. The van der Waals surface area contributed by atoms with Crippen molar-refractivity contribution in [3.63, 3.8) is 0 Å². The van der Waals surface area contributed by atoms with Crippen LogP contribution in [-0.4, -0.2) is 38.0 Å². The molecule has 1 aliphatic heterocycles. The minimum atomic E-state index is -0.845. The highest BCUT2D eigenvalue weighted by atomic mass is 19.1. The Kier molecular flexibility index (Phi) is 6.00. The van der Waals surface area contributed by atoms with Crippen molar-refractivity contribution in [2.45, 2.75) is 52.6 Å². The Labute approximate surface area is 186 Å². The summed E-state index contributed by atoms with van der Waals surface area (Å²) in [6, 6.07) is 10.5. The highest BCUT2D eigenvalue weighted by Gasteiger charge is 2.29. The van der Waals surface area contributed by atoms with Gasteiger partial charge in [0.1, 0.15) is 11.5 Å². The molecule has 0 saturated heterocycles. The number of fused-ring (bicyclic) bond motifs is 3. The Balaban J connectivity index is 1.55. The number of carbonyl (C=O) groups excluding carboxylic acids is 1. The van der Waals surface area contributed by atoms with E-state index in [2.05, 4.69) is 15.6 Å². The molecule has 6 nitrogen and oxygen atoms in total. The van der Waals surface area contributed by atoms with Crippen LogP contribution in [0.5, 0.6) is 0 Å². The first-order chi connectivity index (χ1) is 15.3. The van der Waals surface area contributed by atoms with E-state index in [1.807, 2.05) is 17.0 Å². The van der Waals surface area contributed by atoms with Gasteiger partial charge in [-0.2, -0.15) is 0 Å². The molecule has 2 aromatic heterocycles. The lowest BCUT2D eigenvalue weighted by molar-refractivity contribution is -0.147. The number of aromatic nitrogens is 2. The summed E-state index contributed by atoms with van der Waals surface area (Å²) >= 11 is 0. The van der Waals surface area contributed by atoms with Gasteiger partial charge in [0.05, 0.1) is 12.0 Å². The summed E-state index contributed by atoms with van der Waals surface area (Å²) in [5, 5.41) is 10.4. The third-order valence-corrected chi connectivity index (χ3v) is 6.37. The van der Waals surface area contributed by atoms with Gasteiger partial charge < -0.3 is 14.6 Å². The molecule has 3 heterocycles. The lowest BCUT2D eigenvalue weighted by atomic mass is 9.87. The zero-order valence-electron chi connectivity index (χ0n) is 18.5. The number of pyridine rings is 1. The largest absolute Gasteiger partial charge is 0.481 e. The summed E-state index contributed by atoms with van der Waals surface area (Å²) in [6.07, 6.45) is 3.81. The number of rotatable bonds is 7. The Morgan fingerprint density at radius 3 is 2.78 bits per heavy atom. The molecule has 1 aromatic carbocycles. The average Bonchev–Trinajstić information content (AvgIpc) is 3.06. The van der Waals surface area contributed by atoms with Crippen molar-refractivity contribution in [3.8, 4) is 0 Å². The van der Waals surface area contributed by atoms with E-state index in [1.165, 1.54) is 17.7 Å². The van der Waals surface area contributed by atoms with Crippen molar-refractivity contribution in [2.24, 2.45) is 5.41 Å². The van der Waals surface area contributed by atoms with Crippen molar-refractivity contribution < 1.29 is 19.1 Å². The number of hydrogen-bond donors (Lipinski definition) is 1. The van der Waals surface area contributed by atoms with Gasteiger partial charge in [0.15, 0.2) is 0 Å². The lowest BCUT2D eigenvalue weighted by Crippen LogP contribution is -2.36. The molecule has 32 heavy (non-hydrogen) atoms. The number of carbonyl (C=O) groups is 2. The average molecular weight is 438 g/mol. The zero-order valence-corrected chi connectivity index (χ0v) is 18.5. The summed E-state index contributed by atoms with van der Waals surface area (Å²) in [5.41, 5.74) is 3.08. The molecule has 0 spiro atoms. The third kappa shape index (κ3) is 4.38. The van der Waals surface area contributed by atoms with Crippen molar-refractivity contribution >= 4 is 22.9 Å². The minimum absolute atomic E-state index is 0.0346. The van der Waals surface area contributed by atoms with Crippen LogP contribution in [0.1, 0.15) is 49.9 Å². The fourth-order valence-electron chi connectivity index (χ4n) is 4.41. The van der Waals surface area contributed by atoms with Gasteiger partial charge in [-0.1, -0.05) is 12.1 Å². The molecular weight excluding hydrogens is 409 g/mol. The summed E-state index contributed by atoms with van der Waals surface area (Å²) in [6.45, 7) is 4.95. The van der Waals surface area contributed by atoms with Gasteiger partial charge in [-0.05, 0) is 68.5 Å². The predicted molar refractivity (Wildman–Crippen MR) is 120 cm³/mol. The number of carboxylic acid groups (broad SMARTS) is 1.